The Hall–Kier alpha value is -2.18. The number of rotatable bonds is 4. The Morgan fingerprint density at radius 2 is 1.04 bits per heavy atom. The highest BCUT2D eigenvalue weighted by Crippen LogP contribution is 2.37. The number of halogens is 6. The van der Waals surface area contributed by atoms with E-state index in [2.05, 4.69) is 0 Å². The zero-order valence-corrected chi connectivity index (χ0v) is 12.1. The molecule has 0 saturated heterocycles. The minimum Gasteiger partial charge on any atom is -0.451 e. The second-order valence-corrected chi connectivity index (χ2v) is 4.92. The van der Waals surface area contributed by atoms with Crippen molar-refractivity contribution >= 4 is 0 Å². The summed E-state index contributed by atoms with van der Waals surface area (Å²) in [7, 11) is 0. The van der Waals surface area contributed by atoms with Gasteiger partial charge < -0.3 is 4.74 Å². The Kier molecular flexibility index (Phi) is 4.87. The van der Waals surface area contributed by atoms with E-state index in [1.165, 1.54) is 26.0 Å². The molecule has 0 heterocycles. The van der Waals surface area contributed by atoms with Crippen molar-refractivity contribution in [3.63, 3.8) is 0 Å². The van der Waals surface area contributed by atoms with Gasteiger partial charge in [-0.15, -0.1) is 0 Å². The van der Waals surface area contributed by atoms with Gasteiger partial charge in [-0.1, -0.05) is 12.1 Å². The van der Waals surface area contributed by atoms with Gasteiger partial charge in [0.05, 0.1) is 11.1 Å². The molecule has 2 aromatic rings. The highest BCUT2D eigenvalue weighted by molar-refractivity contribution is 5.43. The lowest BCUT2D eigenvalue weighted by Gasteiger charge is -2.14. The first kappa shape index (κ1) is 17.2. The molecule has 0 amide bonds. The number of benzene rings is 2. The number of ether oxygens (including phenoxy) is 1. The van der Waals surface area contributed by atoms with Gasteiger partial charge in [0, 0.05) is 0 Å². The van der Waals surface area contributed by atoms with Crippen LogP contribution < -0.4 is 4.74 Å². The van der Waals surface area contributed by atoms with E-state index in [1.807, 2.05) is 0 Å². The van der Waals surface area contributed by atoms with Crippen molar-refractivity contribution in [1.82, 2.24) is 0 Å². The summed E-state index contributed by atoms with van der Waals surface area (Å²) in [5.41, 5.74) is -1.74. The van der Waals surface area contributed by atoms with Crippen molar-refractivity contribution in [2.24, 2.45) is 0 Å². The van der Waals surface area contributed by atoms with Gasteiger partial charge in [0.25, 0.3) is 12.9 Å². The van der Waals surface area contributed by atoms with E-state index in [0.29, 0.717) is 0 Å². The van der Waals surface area contributed by atoms with Crippen LogP contribution in [-0.4, -0.2) is 0 Å². The van der Waals surface area contributed by atoms with E-state index in [9.17, 15) is 26.3 Å². The van der Waals surface area contributed by atoms with Gasteiger partial charge in [0.2, 0.25) is 0 Å². The molecule has 0 saturated carbocycles. The van der Waals surface area contributed by atoms with Crippen LogP contribution in [0.2, 0.25) is 0 Å². The summed E-state index contributed by atoms with van der Waals surface area (Å²) in [5.74, 6) is -4.01. The Balaban J connectivity index is 2.49. The predicted molar refractivity (Wildman–Crippen MR) is 72.3 cm³/mol. The lowest BCUT2D eigenvalue weighted by molar-refractivity contribution is 0.144. The van der Waals surface area contributed by atoms with Gasteiger partial charge in [-0.2, -0.15) is 0 Å². The smallest absolute Gasteiger partial charge is 0.267 e. The van der Waals surface area contributed by atoms with E-state index >= 15 is 0 Å². The quantitative estimate of drug-likeness (QED) is 0.601. The van der Waals surface area contributed by atoms with Crippen LogP contribution in [0.3, 0.4) is 0 Å². The van der Waals surface area contributed by atoms with Crippen LogP contribution in [0, 0.1) is 25.5 Å². The van der Waals surface area contributed by atoms with Crippen molar-refractivity contribution in [1.29, 1.82) is 0 Å². The molecule has 0 spiro atoms. The van der Waals surface area contributed by atoms with E-state index in [1.54, 1.807) is 0 Å². The van der Waals surface area contributed by atoms with Crippen molar-refractivity contribution in [3.8, 4) is 11.5 Å². The molecule has 0 atom stereocenters. The van der Waals surface area contributed by atoms with E-state index in [4.69, 9.17) is 4.74 Å². The lowest BCUT2D eigenvalue weighted by Crippen LogP contribution is -2.02. The molecule has 0 radical (unpaired) electrons. The molecule has 2 rings (SSSR count). The SMILES string of the molecule is Cc1ccc(Oc2ccc(C)c(C(F)F)c2F)c(F)c1C(F)F. The number of aryl methyl sites for hydroxylation is 2. The molecular weight excluding hydrogens is 322 g/mol. The maximum Gasteiger partial charge on any atom is 0.267 e. The first-order valence-corrected chi connectivity index (χ1v) is 6.56. The number of hydrogen-bond acceptors (Lipinski definition) is 1. The summed E-state index contributed by atoms with van der Waals surface area (Å²) in [6, 6.07) is 4.44. The van der Waals surface area contributed by atoms with E-state index < -0.39 is 47.1 Å². The number of hydrogen-bond donors (Lipinski definition) is 0. The molecule has 1 nitrogen and oxygen atoms in total. The van der Waals surface area contributed by atoms with E-state index in [0.717, 1.165) is 12.1 Å². The molecule has 0 fully saturated rings. The standard InChI is InChI=1S/C16H12F6O/c1-7-3-5-9(13(17)11(7)15(19)20)23-10-6-4-8(2)12(14(10)18)16(21)22/h3-6,15-16H,1-2H3. The minimum absolute atomic E-state index is 0.00231. The van der Waals surface area contributed by atoms with E-state index in [-0.39, 0.29) is 11.1 Å². The lowest BCUT2D eigenvalue weighted by atomic mass is 10.1. The molecular formula is C16H12F6O. The van der Waals surface area contributed by atoms with Crippen LogP contribution in [-0.2, 0) is 0 Å². The fourth-order valence-electron chi connectivity index (χ4n) is 2.15. The van der Waals surface area contributed by atoms with Crippen LogP contribution in [0.4, 0.5) is 26.3 Å². The molecule has 0 N–H and O–H groups in total. The average Bonchev–Trinajstić information content (AvgIpc) is 2.44. The monoisotopic (exact) mass is 334 g/mol. The average molecular weight is 334 g/mol. The number of alkyl halides is 4. The Bertz CT molecular complexity index is 665. The third-order valence-electron chi connectivity index (χ3n) is 3.38. The Morgan fingerprint density at radius 3 is 1.35 bits per heavy atom. The molecule has 7 heteroatoms. The predicted octanol–water partition coefficient (Wildman–Crippen LogP) is 6.25. The van der Waals surface area contributed by atoms with Gasteiger partial charge in [0.15, 0.2) is 23.1 Å². The summed E-state index contributed by atoms with van der Waals surface area (Å²) in [6.45, 7) is 2.57. The molecule has 2 aromatic carbocycles. The second-order valence-electron chi connectivity index (χ2n) is 4.92. The van der Waals surface area contributed by atoms with Crippen LogP contribution in [0.5, 0.6) is 11.5 Å². The van der Waals surface area contributed by atoms with Crippen molar-refractivity contribution in [2.45, 2.75) is 26.7 Å². The Morgan fingerprint density at radius 1 is 0.696 bits per heavy atom. The van der Waals surface area contributed by atoms with Crippen molar-refractivity contribution in [2.75, 3.05) is 0 Å². The summed E-state index contributed by atoms with van der Waals surface area (Å²) in [5, 5.41) is 0. The second kappa shape index (κ2) is 6.52. The minimum atomic E-state index is -3.09. The summed E-state index contributed by atoms with van der Waals surface area (Å²) >= 11 is 0. The fraction of sp³-hybridized carbons (Fsp3) is 0.250. The third kappa shape index (κ3) is 3.28. The summed E-state index contributed by atoms with van der Waals surface area (Å²) in [6.07, 6.45) is -6.17. The zero-order chi connectivity index (χ0) is 17.3. The first-order chi connectivity index (χ1) is 10.7. The van der Waals surface area contributed by atoms with Crippen LogP contribution in [0.1, 0.15) is 35.1 Å². The first-order valence-electron chi connectivity index (χ1n) is 6.56. The molecule has 0 aliphatic carbocycles. The van der Waals surface area contributed by atoms with Crippen molar-refractivity contribution in [3.05, 3.63) is 58.2 Å². The molecule has 0 bridgehead atoms. The van der Waals surface area contributed by atoms with Gasteiger partial charge in [-0.25, -0.2) is 26.3 Å². The molecule has 0 unspecified atom stereocenters. The maximum absolute atomic E-state index is 14.1. The van der Waals surface area contributed by atoms with Crippen molar-refractivity contribution < 1.29 is 31.1 Å². The van der Waals surface area contributed by atoms with Gasteiger partial charge in [-0.05, 0) is 37.1 Å². The van der Waals surface area contributed by atoms with Crippen LogP contribution in [0.15, 0.2) is 24.3 Å². The molecule has 0 aliphatic heterocycles. The van der Waals surface area contributed by atoms with Gasteiger partial charge in [0.1, 0.15) is 0 Å². The van der Waals surface area contributed by atoms with Crippen LogP contribution in [0.25, 0.3) is 0 Å². The van der Waals surface area contributed by atoms with Gasteiger partial charge >= 0.3 is 0 Å². The van der Waals surface area contributed by atoms with Crippen LogP contribution >= 0.6 is 0 Å². The Labute approximate surface area is 128 Å². The molecule has 124 valence electrons. The summed E-state index contributed by atoms with van der Waals surface area (Å²) < 4.78 is 84.4. The maximum atomic E-state index is 14.1. The largest absolute Gasteiger partial charge is 0.451 e. The highest BCUT2D eigenvalue weighted by Gasteiger charge is 2.24. The van der Waals surface area contributed by atoms with Gasteiger partial charge in [-0.3, -0.25) is 0 Å². The zero-order valence-electron chi connectivity index (χ0n) is 12.1. The molecule has 0 aromatic heterocycles. The highest BCUT2D eigenvalue weighted by atomic mass is 19.3. The topological polar surface area (TPSA) is 9.23 Å². The fourth-order valence-corrected chi connectivity index (χ4v) is 2.15. The normalized spacial score (nSPS) is 11.4. The molecule has 0 aliphatic rings. The third-order valence-corrected chi connectivity index (χ3v) is 3.38. The molecule has 23 heavy (non-hydrogen) atoms. The summed E-state index contributed by atoms with van der Waals surface area (Å²) in [4.78, 5) is 0.